The molecular weight excluding hydrogens is 390 g/mol. The number of hydrogen-bond acceptors (Lipinski definition) is 5. The highest BCUT2D eigenvalue weighted by Gasteiger charge is 2.28. The lowest BCUT2D eigenvalue weighted by molar-refractivity contribution is 0.150. The summed E-state index contributed by atoms with van der Waals surface area (Å²) in [7, 11) is -3.55. The predicted octanol–water partition coefficient (Wildman–Crippen LogP) is 2.21. The molecule has 142 valence electrons. The number of rotatable bonds is 4. The number of benzene rings is 2. The van der Waals surface area contributed by atoms with Gasteiger partial charge >= 0.3 is 5.76 Å². The van der Waals surface area contributed by atoms with Crippen molar-refractivity contribution in [3.05, 3.63) is 64.1 Å². The Morgan fingerprint density at radius 3 is 2.33 bits per heavy atom. The molecule has 0 amide bonds. The summed E-state index contributed by atoms with van der Waals surface area (Å²) < 4.78 is 33.8. The fourth-order valence-corrected chi connectivity index (χ4v) is 4.76. The summed E-state index contributed by atoms with van der Waals surface area (Å²) in [5.74, 6) is -0.410. The number of oxazole rings is 1. The van der Waals surface area contributed by atoms with E-state index in [-0.39, 0.29) is 4.90 Å². The maximum absolute atomic E-state index is 12.7. The molecule has 2 heterocycles. The first-order valence-corrected chi connectivity index (χ1v) is 10.3. The van der Waals surface area contributed by atoms with Crippen molar-refractivity contribution >= 4 is 32.7 Å². The third kappa shape index (κ3) is 3.53. The highest BCUT2D eigenvalue weighted by atomic mass is 35.5. The third-order valence-electron chi connectivity index (χ3n) is 4.70. The van der Waals surface area contributed by atoms with Crippen molar-refractivity contribution in [2.24, 2.45) is 0 Å². The van der Waals surface area contributed by atoms with Gasteiger partial charge in [0.2, 0.25) is 10.0 Å². The van der Waals surface area contributed by atoms with Crippen LogP contribution in [0.25, 0.3) is 11.1 Å². The molecule has 27 heavy (non-hydrogen) atoms. The first-order chi connectivity index (χ1) is 12.9. The minimum absolute atomic E-state index is 0.234. The van der Waals surface area contributed by atoms with Gasteiger partial charge in [0, 0.05) is 31.2 Å². The van der Waals surface area contributed by atoms with E-state index < -0.39 is 15.8 Å². The molecule has 7 nitrogen and oxygen atoms in total. The number of hydrogen-bond donors (Lipinski definition) is 0. The molecule has 0 unspecified atom stereocenters. The Hall–Kier alpha value is -2.13. The molecule has 0 bridgehead atoms. The summed E-state index contributed by atoms with van der Waals surface area (Å²) in [5, 5.41) is 0.497. The summed E-state index contributed by atoms with van der Waals surface area (Å²) in [6, 6.07) is 13.4. The van der Waals surface area contributed by atoms with E-state index in [1.165, 1.54) is 16.4 Å². The molecule has 1 aliphatic heterocycles. The van der Waals surface area contributed by atoms with E-state index in [4.69, 9.17) is 16.0 Å². The summed E-state index contributed by atoms with van der Waals surface area (Å²) in [4.78, 5) is 14.4. The third-order valence-corrected chi connectivity index (χ3v) is 6.86. The Morgan fingerprint density at radius 1 is 0.963 bits per heavy atom. The van der Waals surface area contributed by atoms with Gasteiger partial charge in [-0.1, -0.05) is 23.7 Å². The molecule has 0 saturated carbocycles. The molecule has 2 aromatic carbocycles. The molecule has 0 atom stereocenters. The monoisotopic (exact) mass is 407 g/mol. The van der Waals surface area contributed by atoms with Crippen molar-refractivity contribution in [3.63, 3.8) is 0 Å². The molecule has 0 spiro atoms. The second-order valence-corrected chi connectivity index (χ2v) is 8.76. The summed E-state index contributed by atoms with van der Waals surface area (Å²) in [5.41, 5.74) is 1.28. The summed E-state index contributed by atoms with van der Waals surface area (Å²) >= 11 is 5.84. The molecule has 9 heteroatoms. The number of nitrogens with zero attached hydrogens (tertiary/aromatic N) is 3. The topological polar surface area (TPSA) is 75.8 Å². The summed E-state index contributed by atoms with van der Waals surface area (Å²) in [6.45, 7) is 2.13. The van der Waals surface area contributed by atoms with Crippen LogP contribution in [0.3, 0.4) is 0 Å². The van der Waals surface area contributed by atoms with Gasteiger partial charge in [0.05, 0.1) is 17.1 Å². The average molecular weight is 408 g/mol. The molecule has 1 fully saturated rings. The van der Waals surface area contributed by atoms with Gasteiger partial charge in [-0.15, -0.1) is 0 Å². The van der Waals surface area contributed by atoms with Crippen LogP contribution in [0.4, 0.5) is 0 Å². The van der Waals surface area contributed by atoms with Gasteiger partial charge < -0.3 is 4.42 Å². The van der Waals surface area contributed by atoms with Crippen molar-refractivity contribution in [1.82, 2.24) is 13.8 Å². The first-order valence-electron chi connectivity index (χ1n) is 8.51. The zero-order valence-corrected chi connectivity index (χ0v) is 16.0. The van der Waals surface area contributed by atoms with Gasteiger partial charge in [0.25, 0.3) is 0 Å². The van der Waals surface area contributed by atoms with Gasteiger partial charge in [-0.3, -0.25) is 9.47 Å². The highest BCUT2D eigenvalue weighted by Crippen LogP contribution is 2.20. The molecule has 1 saturated heterocycles. The van der Waals surface area contributed by atoms with Gasteiger partial charge in [0.1, 0.15) is 0 Å². The number of piperazine rings is 1. The number of para-hydroxylation sites is 2. The second kappa shape index (κ2) is 7.12. The van der Waals surface area contributed by atoms with E-state index in [1.807, 2.05) is 23.1 Å². The first kappa shape index (κ1) is 18.2. The molecule has 1 aromatic heterocycles. The second-order valence-electron chi connectivity index (χ2n) is 6.38. The van der Waals surface area contributed by atoms with Crippen LogP contribution in [-0.2, 0) is 16.7 Å². The highest BCUT2D eigenvalue weighted by molar-refractivity contribution is 7.89. The fraction of sp³-hybridized carbons (Fsp3) is 0.278. The Labute approximate surface area is 161 Å². The number of sulfonamides is 1. The van der Waals surface area contributed by atoms with E-state index >= 15 is 0 Å². The molecule has 3 aromatic rings. The summed E-state index contributed by atoms with van der Waals surface area (Å²) in [6.07, 6.45) is 0. The Morgan fingerprint density at radius 2 is 1.63 bits per heavy atom. The van der Waals surface area contributed by atoms with E-state index in [0.717, 1.165) is 5.52 Å². The van der Waals surface area contributed by atoms with Gasteiger partial charge in [-0.05, 0) is 36.4 Å². The molecule has 4 rings (SSSR count). The van der Waals surface area contributed by atoms with Crippen LogP contribution in [0, 0.1) is 0 Å². The van der Waals surface area contributed by atoms with Crippen LogP contribution < -0.4 is 5.76 Å². The van der Waals surface area contributed by atoms with Crippen molar-refractivity contribution in [3.8, 4) is 0 Å². The molecule has 0 aliphatic carbocycles. The largest absolute Gasteiger partial charge is 0.421 e. The lowest BCUT2D eigenvalue weighted by atomic mass is 10.3. The van der Waals surface area contributed by atoms with Crippen LogP contribution in [0.5, 0.6) is 0 Å². The van der Waals surface area contributed by atoms with Crippen LogP contribution in [0.15, 0.2) is 62.6 Å². The van der Waals surface area contributed by atoms with Crippen LogP contribution >= 0.6 is 11.6 Å². The van der Waals surface area contributed by atoms with E-state index in [2.05, 4.69) is 0 Å². The van der Waals surface area contributed by atoms with Crippen LogP contribution in [-0.4, -0.2) is 48.4 Å². The Bertz CT molecular complexity index is 1110. The van der Waals surface area contributed by atoms with Gasteiger partial charge in [-0.2, -0.15) is 4.31 Å². The van der Waals surface area contributed by atoms with E-state index in [1.54, 1.807) is 22.8 Å². The van der Waals surface area contributed by atoms with Gasteiger partial charge in [0.15, 0.2) is 5.58 Å². The molecule has 0 N–H and O–H groups in total. The number of halogens is 1. The lowest BCUT2D eigenvalue weighted by Crippen LogP contribution is -2.49. The van der Waals surface area contributed by atoms with Crippen molar-refractivity contribution in [2.75, 3.05) is 26.2 Å². The SMILES string of the molecule is O=c1oc2ccccc2n1CN1CCN(S(=O)(=O)c2ccc(Cl)cc2)CC1. The normalized spacial score (nSPS) is 16.8. The average Bonchev–Trinajstić information content (AvgIpc) is 2.98. The van der Waals surface area contributed by atoms with Crippen molar-refractivity contribution < 1.29 is 12.8 Å². The van der Waals surface area contributed by atoms with Crippen LogP contribution in [0.2, 0.25) is 5.02 Å². The lowest BCUT2D eigenvalue weighted by Gasteiger charge is -2.33. The maximum atomic E-state index is 12.7. The Kier molecular flexibility index (Phi) is 4.81. The zero-order chi connectivity index (χ0) is 19.0. The quantitative estimate of drug-likeness (QED) is 0.662. The fourth-order valence-electron chi connectivity index (χ4n) is 3.21. The van der Waals surface area contributed by atoms with Crippen LogP contribution in [0.1, 0.15) is 0 Å². The molecular formula is C18H18ClN3O4S. The minimum Gasteiger partial charge on any atom is -0.408 e. The Balaban J connectivity index is 1.46. The molecule has 0 radical (unpaired) electrons. The number of aromatic nitrogens is 1. The van der Waals surface area contributed by atoms with Crippen molar-refractivity contribution in [1.29, 1.82) is 0 Å². The maximum Gasteiger partial charge on any atom is 0.421 e. The molecule has 1 aliphatic rings. The standard InChI is InChI=1S/C18H18ClN3O4S/c19-14-5-7-15(8-6-14)27(24,25)21-11-9-20(10-12-21)13-22-16-3-1-2-4-17(16)26-18(22)23/h1-8H,9-13H2. The number of fused-ring (bicyclic) bond motifs is 1. The minimum atomic E-state index is -3.55. The van der Waals surface area contributed by atoms with E-state index in [9.17, 15) is 13.2 Å². The zero-order valence-electron chi connectivity index (χ0n) is 14.4. The smallest absolute Gasteiger partial charge is 0.408 e. The van der Waals surface area contributed by atoms with Gasteiger partial charge in [-0.25, -0.2) is 13.2 Å². The van der Waals surface area contributed by atoms with E-state index in [0.29, 0.717) is 43.5 Å². The predicted molar refractivity (Wildman–Crippen MR) is 102 cm³/mol. The van der Waals surface area contributed by atoms with Crippen molar-refractivity contribution in [2.45, 2.75) is 11.6 Å².